The van der Waals surface area contributed by atoms with Crippen molar-refractivity contribution >= 4 is 28.8 Å². The van der Waals surface area contributed by atoms with Crippen molar-refractivity contribution in [2.45, 2.75) is 37.5 Å². The summed E-state index contributed by atoms with van der Waals surface area (Å²) in [5.74, 6) is -1.18. The van der Waals surface area contributed by atoms with Crippen LogP contribution in [0.25, 0.3) is 0 Å². The van der Waals surface area contributed by atoms with Crippen LogP contribution in [0.15, 0.2) is 47.8 Å². The van der Waals surface area contributed by atoms with Gasteiger partial charge in [-0.15, -0.1) is 11.3 Å². The maximum atomic E-state index is 12.2. The van der Waals surface area contributed by atoms with Crippen LogP contribution in [-0.2, 0) is 15.0 Å². The van der Waals surface area contributed by atoms with Crippen LogP contribution in [0, 0.1) is 0 Å². The van der Waals surface area contributed by atoms with Gasteiger partial charge in [-0.05, 0) is 36.4 Å². The Morgan fingerprint density at radius 2 is 1.71 bits per heavy atom. The maximum absolute atomic E-state index is 12.2. The van der Waals surface area contributed by atoms with E-state index in [1.165, 1.54) is 24.1 Å². The van der Waals surface area contributed by atoms with Crippen LogP contribution in [0.4, 0.5) is 5.69 Å². The van der Waals surface area contributed by atoms with Gasteiger partial charge in [-0.2, -0.15) is 0 Å². The lowest BCUT2D eigenvalue weighted by atomic mass is 9.73. The molecular weight excluding hydrogens is 320 g/mol. The van der Waals surface area contributed by atoms with Crippen LogP contribution in [-0.4, -0.2) is 18.4 Å². The summed E-state index contributed by atoms with van der Waals surface area (Å²) in [6.45, 7) is 0.522. The summed E-state index contributed by atoms with van der Waals surface area (Å²) in [6.07, 6.45) is 5.71. The van der Waals surface area contributed by atoms with Crippen LogP contribution in [0.2, 0.25) is 0 Å². The molecule has 0 bridgehead atoms. The van der Waals surface area contributed by atoms with E-state index < -0.39 is 11.8 Å². The van der Waals surface area contributed by atoms with Crippen molar-refractivity contribution in [3.05, 3.63) is 52.7 Å². The predicted molar refractivity (Wildman–Crippen MR) is 97.2 cm³/mol. The lowest BCUT2D eigenvalue weighted by molar-refractivity contribution is -0.136. The molecule has 3 rings (SSSR count). The molecule has 0 spiro atoms. The molecule has 0 unspecified atom stereocenters. The largest absolute Gasteiger partial charge is 0.347 e. The van der Waals surface area contributed by atoms with Crippen molar-refractivity contribution in [2.75, 3.05) is 11.9 Å². The highest BCUT2D eigenvalue weighted by molar-refractivity contribution is 7.10. The number of benzene rings is 1. The van der Waals surface area contributed by atoms with Crippen molar-refractivity contribution in [1.29, 1.82) is 0 Å². The van der Waals surface area contributed by atoms with Crippen molar-refractivity contribution in [3.63, 3.8) is 0 Å². The Balaban J connectivity index is 1.62. The Bertz CT molecular complexity index is 677. The van der Waals surface area contributed by atoms with Crippen LogP contribution >= 0.6 is 11.3 Å². The van der Waals surface area contributed by atoms with Crippen molar-refractivity contribution in [1.82, 2.24) is 5.32 Å². The Kier molecular flexibility index (Phi) is 5.30. The Hall–Kier alpha value is -2.14. The number of nitrogens with one attached hydrogen (secondary N) is 2. The molecule has 126 valence electrons. The summed E-state index contributed by atoms with van der Waals surface area (Å²) < 4.78 is 0. The van der Waals surface area contributed by atoms with Gasteiger partial charge >= 0.3 is 11.8 Å². The average Bonchev–Trinajstić information content (AvgIpc) is 3.17. The van der Waals surface area contributed by atoms with Gasteiger partial charge in [-0.25, -0.2) is 0 Å². The minimum Gasteiger partial charge on any atom is -0.347 e. The van der Waals surface area contributed by atoms with E-state index in [2.05, 4.69) is 28.1 Å². The molecule has 1 aromatic heterocycles. The summed E-state index contributed by atoms with van der Waals surface area (Å²) in [6, 6.07) is 13.2. The van der Waals surface area contributed by atoms with Gasteiger partial charge in [-0.1, -0.05) is 43.5 Å². The zero-order valence-electron chi connectivity index (χ0n) is 13.6. The van der Waals surface area contributed by atoms with Gasteiger partial charge in [0.1, 0.15) is 0 Å². The molecule has 0 saturated heterocycles. The van der Waals surface area contributed by atoms with Crippen LogP contribution in [0.1, 0.15) is 37.0 Å². The summed E-state index contributed by atoms with van der Waals surface area (Å²) in [4.78, 5) is 25.5. The van der Waals surface area contributed by atoms with Gasteiger partial charge < -0.3 is 10.6 Å². The standard InChI is InChI=1S/C19H22N2O2S/c22-17(18(23)21-15-8-3-1-4-9-15)20-14-19(11-5-2-6-12-19)16-10-7-13-24-16/h1,3-4,7-10,13H,2,5-6,11-12,14H2,(H,20,22)(H,21,23). The Morgan fingerprint density at radius 3 is 2.38 bits per heavy atom. The number of carbonyl (C=O) groups is 2. The number of hydrogen-bond acceptors (Lipinski definition) is 3. The summed E-state index contributed by atoms with van der Waals surface area (Å²) in [5.41, 5.74) is 0.609. The van der Waals surface area contributed by atoms with E-state index in [0.717, 1.165) is 12.8 Å². The molecule has 2 N–H and O–H groups in total. The molecule has 1 aromatic carbocycles. The molecule has 0 atom stereocenters. The fraction of sp³-hybridized carbons (Fsp3) is 0.368. The van der Waals surface area contributed by atoms with E-state index in [9.17, 15) is 9.59 Å². The Labute approximate surface area is 146 Å². The molecule has 24 heavy (non-hydrogen) atoms. The number of para-hydroxylation sites is 1. The number of hydrogen-bond donors (Lipinski definition) is 2. The summed E-state index contributed by atoms with van der Waals surface area (Å²) in [7, 11) is 0. The van der Waals surface area contributed by atoms with Crippen molar-refractivity contribution in [2.24, 2.45) is 0 Å². The molecule has 1 heterocycles. The highest BCUT2D eigenvalue weighted by atomic mass is 32.1. The molecule has 1 fully saturated rings. The molecule has 1 aliphatic carbocycles. The quantitative estimate of drug-likeness (QED) is 0.832. The minimum absolute atomic E-state index is 0.0187. The molecule has 1 saturated carbocycles. The van der Waals surface area contributed by atoms with Crippen molar-refractivity contribution in [3.8, 4) is 0 Å². The molecule has 0 radical (unpaired) electrons. The second-order valence-corrected chi connectivity index (χ2v) is 7.27. The van der Waals surface area contributed by atoms with E-state index in [1.54, 1.807) is 23.5 Å². The van der Waals surface area contributed by atoms with E-state index in [4.69, 9.17) is 0 Å². The van der Waals surface area contributed by atoms with Gasteiger partial charge in [0.15, 0.2) is 0 Å². The Morgan fingerprint density at radius 1 is 0.958 bits per heavy atom. The van der Waals surface area contributed by atoms with E-state index in [-0.39, 0.29) is 5.41 Å². The summed E-state index contributed by atoms with van der Waals surface area (Å²) in [5, 5.41) is 7.56. The smallest absolute Gasteiger partial charge is 0.313 e. The second kappa shape index (κ2) is 7.62. The highest BCUT2D eigenvalue weighted by Gasteiger charge is 2.35. The first kappa shape index (κ1) is 16.7. The molecule has 2 aromatic rings. The third-order valence-corrected chi connectivity index (χ3v) is 5.80. The molecule has 4 nitrogen and oxygen atoms in total. The van der Waals surface area contributed by atoms with Gasteiger partial charge in [0.2, 0.25) is 0 Å². The lowest BCUT2D eigenvalue weighted by Crippen LogP contribution is -2.45. The fourth-order valence-corrected chi connectivity index (χ4v) is 4.35. The van der Waals surface area contributed by atoms with Crippen LogP contribution in [0.3, 0.4) is 0 Å². The zero-order valence-corrected chi connectivity index (χ0v) is 14.4. The minimum atomic E-state index is -0.613. The molecule has 5 heteroatoms. The van der Waals surface area contributed by atoms with Crippen LogP contribution < -0.4 is 10.6 Å². The SMILES string of the molecule is O=C(NCC1(c2cccs2)CCCCC1)C(=O)Nc1ccccc1. The first-order chi connectivity index (χ1) is 11.7. The zero-order chi connectivity index (χ0) is 16.8. The monoisotopic (exact) mass is 342 g/mol. The molecular formula is C19H22N2O2S. The number of thiophene rings is 1. The molecule has 0 aliphatic heterocycles. The van der Waals surface area contributed by atoms with Crippen molar-refractivity contribution < 1.29 is 9.59 Å². The van der Waals surface area contributed by atoms with Crippen LogP contribution in [0.5, 0.6) is 0 Å². The van der Waals surface area contributed by atoms with E-state index >= 15 is 0 Å². The normalized spacial score (nSPS) is 16.3. The third kappa shape index (κ3) is 3.85. The van der Waals surface area contributed by atoms with E-state index in [1.807, 2.05) is 18.2 Å². The molecule has 2 amide bonds. The average molecular weight is 342 g/mol. The van der Waals surface area contributed by atoms with E-state index in [0.29, 0.717) is 12.2 Å². The fourth-order valence-electron chi connectivity index (χ4n) is 3.36. The summed E-state index contributed by atoms with van der Waals surface area (Å²) >= 11 is 1.74. The van der Waals surface area contributed by atoms with Gasteiger partial charge in [0, 0.05) is 22.5 Å². The number of anilines is 1. The second-order valence-electron chi connectivity index (χ2n) is 6.32. The highest BCUT2D eigenvalue weighted by Crippen LogP contribution is 2.41. The lowest BCUT2D eigenvalue weighted by Gasteiger charge is -2.36. The number of carbonyl (C=O) groups excluding carboxylic acids is 2. The topological polar surface area (TPSA) is 58.2 Å². The van der Waals surface area contributed by atoms with Gasteiger partial charge in [-0.3, -0.25) is 9.59 Å². The predicted octanol–water partition coefficient (Wildman–Crippen LogP) is 3.70. The first-order valence-electron chi connectivity index (χ1n) is 8.38. The third-order valence-electron chi connectivity index (χ3n) is 4.68. The number of amides is 2. The molecule has 1 aliphatic rings. The van der Waals surface area contributed by atoms with Gasteiger partial charge in [0.25, 0.3) is 0 Å². The number of rotatable bonds is 4. The van der Waals surface area contributed by atoms with Gasteiger partial charge in [0.05, 0.1) is 0 Å². The maximum Gasteiger partial charge on any atom is 0.313 e. The first-order valence-corrected chi connectivity index (χ1v) is 9.26.